The fourth-order valence-corrected chi connectivity index (χ4v) is 13.6. The number of phosphoric acid groups is 1. The van der Waals surface area contributed by atoms with E-state index in [0.717, 1.165) is 38.5 Å². The maximum Gasteiger partial charge on any atom is 0.306 e. The second-order valence-corrected chi connectivity index (χ2v) is 31.3. The molecule has 0 spiro atoms. The first-order valence-electron chi connectivity index (χ1n) is 41.5. The zero-order chi connectivity index (χ0) is 67.6. The van der Waals surface area contributed by atoms with Crippen LogP contribution in [-0.4, -0.2) is 70.0 Å². The first kappa shape index (κ1) is 91.5. The van der Waals surface area contributed by atoms with Crippen LogP contribution in [-0.2, 0) is 32.7 Å². The van der Waals surface area contributed by atoms with Crippen LogP contribution in [0.4, 0.5) is 0 Å². The number of rotatable bonds is 79. The van der Waals surface area contributed by atoms with Gasteiger partial charge < -0.3 is 27.9 Å². The van der Waals surface area contributed by atoms with Crippen molar-refractivity contribution in [3.05, 3.63) is 24.3 Å². The van der Waals surface area contributed by atoms with Crippen molar-refractivity contribution >= 4 is 19.8 Å². The Morgan fingerprint density at radius 2 is 0.581 bits per heavy atom. The molecule has 552 valence electrons. The zero-order valence-corrected chi connectivity index (χ0v) is 64.1. The molecule has 10 heteroatoms. The van der Waals surface area contributed by atoms with Gasteiger partial charge in [-0.05, 0) is 44.9 Å². The van der Waals surface area contributed by atoms with E-state index >= 15 is 0 Å². The molecular formula is C83H162NO8P. The molecule has 0 heterocycles. The molecule has 0 saturated heterocycles. The minimum absolute atomic E-state index is 0.0261. The number of carbonyl (C=O) groups excluding carboxylic acids is 2. The van der Waals surface area contributed by atoms with Gasteiger partial charge in [-0.2, -0.15) is 0 Å². The van der Waals surface area contributed by atoms with Gasteiger partial charge in [0.15, 0.2) is 6.10 Å². The first-order chi connectivity index (χ1) is 45.5. The van der Waals surface area contributed by atoms with E-state index in [-0.39, 0.29) is 32.0 Å². The summed E-state index contributed by atoms with van der Waals surface area (Å²) >= 11 is 0. The van der Waals surface area contributed by atoms with E-state index in [9.17, 15) is 19.0 Å². The molecule has 0 aliphatic carbocycles. The highest BCUT2D eigenvalue weighted by Gasteiger charge is 2.22. The average Bonchev–Trinajstić information content (AvgIpc) is 2.44. The van der Waals surface area contributed by atoms with Crippen LogP contribution in [0.1, 0.15) is 444 Å². The number of ether oxygens (including phenoxy) is 2. The number of quaternary nitrogens is 1. The maximum atomic E-state index is 12.9. The Balaban J connectivity index is 3.88. The number of hydrogen-bond acceptors (Lipinski definition) is 8. The summed E-state index contributed by atoms with van der Waals surface area (Å²) in [5, 5.41) is 0. The second-order valence-electron chi connectivity index (χ2n) is 29.9. The van der Waals surface area contributed by atoms with E-state index in [1.165, 1.54) is 372 Å². The average molecular weight is 1330 g/mol. The van der Waals surface area contributed by atoms with E-state index in [1.54, 1.807) is 0 Å². The lowest BCUT2D eigenvalue weighted by Crippen LogP contribution is -2.37. The smallest absolute Gasteiger partial charge is 0.306 e. The van der Waals surface area contributed by atoms with E-state index in [0.29, 0.717) is 17.4 Å². The van der Waals surface area contributed by atoms with Crippen LogP contribution in [0.2, 0.25) is 0 Å². The third-order valence-corrected chi connectivity index (χ3v) is 20.2. The van der Waals surface area contributed by atoms with Crippen LogP contribution in [0.3, 0.4) is 0 Å². The van der Waals surface area contributed by atoms with Crippen LogP contribution >= 0.6 is 7.82 Å². The molecule has 0 rings (SSSR count). The molecule has 0 amide bonds. The number of unbranched alkanes of at least 4 members (excludes halogenated alkanes) is 61. The highest BCUT2D eigenvalue weighted by Crippen LogP contribution is 2.38. The number of nitrogens with zero attached hydrogens (tertiary/aromatic N) is 1. The van der Waals surface area contributed by atoms with Crippen LogP contribution in [0.5, 0.6) is 0 Å². The quantitative estimate of drug-likeness (QED) is 0.0195. The third-order valence-electron chi connectivity index (χ3n) is 19.2. The van der Waals surface area contributed by atoms with Gasteiger partial charge in [-0.25, -0.2) is 0 Å². The normalized spacial score (nSPS) is 13.1. The zero-order valence-electron chi connectivity index (χ0n) is 63.3. The number of phosphoric ester groups is 1. The summed E-state index contributed by atoms with van der Waals surface area (Å²) in [6, 6.07) is 0. The number of allylic oxidation sites excluding steroid dienone is 4. The fourth-order valence-electron chi connectivity index (χ4n) is 12.9. The van der Waals surface area contributed by atoms with Gasteiger partial charge >= 0.3 is 11.9 Å². The van der Waals surface area contributed by atoms with Crippen molar-refractivity contribution in [3.8, 4) is 0 Å². The minimum atomic E-state index is -4.64. The van der Waals surface area contributed by atoms with Crippen molar-refractivity contribution in [2.24, 2.45) is 0 Å². The standard InChI is InChI=1S/C83H162NO8P/c1-6-8-10-12-14-16-18-20-22-24-26-28-30-32-34-36-38-40-42-44-46-48-50-52-54-56-58-60-62-64-66-68-70-72-74-76-83(86)92-81(80-91-93(87,88)90-78-77-84(3,4)5)79-89-82(85)75-73-71-69-67-65-63-61-59-57-55-53-51-49-47-45-43-41-39-37-35-33-31-29-27-25-23-21-19-17-15-13-11-9-7-2/h18,20,24,26,81H,6-17,19,21-23,25,27-80H2,1-5H3/b20-18-,26-24-. The lowest BCUT2D eigenvalue weighted by Gasteiger charge is -2.28. The van der Waals surface area contributed by atoms with E-state index in [1.807, 2.05) is 21.1 Å². The van der Waals surface area contributed by atoms with Crippen molar-refractivity contribution in [1.29, 1.82) is 0 Å². The molecule has 0 aromatic rings. The Bertz CT molecular complexity index is 1610. The van der Waals surface area contributed by atoms with Crippen LogP contribution < -0.4 is 4.89 Å². The molecule has 0 aliphatic heterocycles. The number of likely N-dealkylation sites (N-methyl/N-ethyl adjacent to an activating group) is 1. The van der Waals surface area contributed by atoms with Crippen molar-refractivity contribution in [1.82, 2.24) is 0 Å². The predicted molar refractivity (Wildman–Crippen MR) is 402 cm³/mol. The summed E-state index contributed by atoms with van der Waals surface area (Å²) in [6.45, 7) is 4.33. The highest BCUT2D eigenvalue weighted by atomic mass is 31.2. The molecule has 93 heavy (non-hydrogen) atoms. The van der Waals surface area contributed by atoms with E-state index in [2.05, 4.69) is 38.2 Å². The van der Waals surface area contributed by atoms with Gasteiger partial charge in [0.2, 0.25) is 0 Å². The lowest BCUT2D eigenvalue weighted by molar-refractivity contribution is -0.870. The van der Waals surface area contributed by atoms with Crippen molar-refractivity contribution in [2.75, 3.05) is 47.5 Å². The number of esters is 2. The molecule has 0 aliphatic rings. The summed E-state index contributed by atoms with van der Waals surface area (Å²) in [6.07, 6.45) is 96.1. The van der Waals surface area contributed by atoms with Gasteiger partial charge in [0.1, 0.15) is 19.8 Å². The maximum absolute atomic E-state index is 12.9. The van der Waals surface area contributed by atoms with Gasteiger partial charge in [-0.3, -0.25) is 14.2 Å². The lowest BCUT2D eigenvalue weighted by atomic mass is 10.0. The Labute approximate surface area is 580 Å². The SMILES string of the molecule is CCCCCCC/C=C\C/C=C\CCCCCCCCCCCCCCCCCCCCCCCCCC(=O)OC(COC(=O)CCCCCCCCCCCCCCCCCCCCCCCCCCCCCCCCCCCC)COP(=O)([O-])OCC[N+](C)(C)C. The summed E-state index contributed by atoms with van der Waals surface area (Å²) < 4.78 is 34.5. The predicted octanol–water partition coefficient (Wildman–Crippen LogP) is 26.9. The van der Waals surface area contributed by atoms with Crippen molar-refractivity contribution in [3.63, 3.8) is 0 Å². The minimum Gasteiger partial charge on any atom is -0.756 e. The molecule has 9 nitrogen and oxygen atoms in total. The highest BCUT2D eigenvalue weighted by molar-refractivity contribution is 7.45. The number of hydrogen-bond donors (Lipinski definition) is 0. The Kier molecular flexibility index (Phi) is 73.5. The van der Waals surface area contributed by atoms with Gasteiger partial charge in [-0.15, -0.1) is 0 Å². The summed E-state index contributed by atoms with van der Waals surface area (Å²) in [5.74, 6) is -0.803. The molecule has 0 aromatic carbocycles. The Morgan fingerprint density at radius 3 is 0.849 bits per heavy atom. The Morgan fingerprint density at radius 1 is 0.333 bits per heavy atom. The number of carbonyl (C=O) groups is 2. The van der Waals surface area contributed by atoms with E-state index < -0.39 is 26.5 Å². The van der Waals surface area contributed by atoms with Gasteiger partial charge in [0.25, 0.3) is 7.82 Å². The molecule has 2 unspecified atom stereocenters. The molecule has 0 bridgehead atoms. The Hall–Kier alpha value is -1.51. The van der Waals surface area contributed by atoms with Crippen LogP contribution in [0, 0.1) is 0 Å². The third kappa shape index (κ3) is 79.4. The summed E-state index contributed by atoms with van der Waals surface area (Å²) in [5.41, 5.74) is 0. The monoisotopic (exact) mass is 1330 g/mol. The molecule has 0 N–H and O–H groups in total. The fraction of sp³-hybridized carbons (Fsp3) is 0.928. The van der Waals surface area contributed by atoms with Crippen LogP contribution in [0.15, 0.2) is 24.3 Å². The molecule has 0 saturated carbocycles. The largest absolute Gasteiger partial charge is 0.756 e. The van der Waals surface area contributed by atoms with Crippen molar-refractivity contribution in [2.45, 2.75) is 450 Å². The van der Waals surface area contributed by atoms with Gasteiger partial charge in [0.05, 0.1) is 27.7 Å². The summed E-state index contributed by atoms with van der Waals surface area (Å²) in [4.78, 5) is 38.2. The van der Waals surface area contributed by atoms with Gasteiger partial charge in [-0.1, -0.05) is 411 Å². The molecule has 0 radical (unpaired) electrons. The van der Waals surface area contributed by atoms with Gasteiger partial charge in [0, 0.05) is 12.8 Å². The molecular weight excluding hydrogens is 1170 g/mol. The molecule has 2 atom stereocenters. The second kappa shape index (κ2) is 74.7. The van der Waals surface area contributed by atoms with E-state index in [4.69, 9.17) is 18.5 Å². The topological polar surface area (TPSA) is 111 Å². The van der Waals surface area contributed by atoms with Crippen LogP contribution in [0.25, 0.3) is 0 Å². The van der Waals surface area contributed by atoms with Crippen molar-refractivity contribution < 1.29 is 42.1 Å². The summed E-state index contributed by atoms with van der Waals surface area (Å²) in [7, 11) is 1.20. The first-order valence-corrected chi connectivity index (χ1v) is 43.0. The molecule has 0 fully saturated rings. The molecule has 0 aromatic heterocycles.